The van der Waals surface area contributed by atoms with Crippen LogP contribution in [-0.2, 0) is 5.41 Å². The maximum Gasteiger partial charge on any atom is 0.238 e. The van der Waals surface area contributed by atoms with Crippen LogP contribution in [0, 0.1) is 5.41 Å². The summed E-state index contributed by atoms with van der Waals surface area (Å²) in [7, 11) is 0. The van der Waals surface area contributed by atoms with Gasteiger partial charge in [-0.3, -0.25) is 0 Å². The Morgan fingerprint density at radius 2 is 1.32 bits per heavy atom. The molecule has 2 heteroatoms. The van der Waals surface area contributed by atoms with Gasteiger partial charge in [0.2, 0.25) is 21.1 Å². The van der Waals surface area contributed by atoms with Gasteiger partial charge in [0, 0.05) is 28.0 Å². The molecule has 188 valence electrons. The van der Waals surface area contributed by atoms with Crippen LogP contribution in [0.5, 0.6) is 0 Å². The molecule has 0 saturated carbocycles. The van der Waals surface area contributed by atoms with Crippen LogP contribution in [0.3, 0.4) is 0 Å². The summed E-state index contributed by atoms with van der Waals surface area (Å²) in [6.45, 7) is 13.7. The second kappa shape index (κ2) is 11.6. The van der Waals surface area contributed by atoms with E-state index in [4.69, 9.17) is 0 Å². The van der Waals surface area contributed by atoms with Crippen molar-refractivity contribution in [2.45, 2.75) is 47.0 Å². The van der Waals surface area contributed by atoms with E-state index in [1.165, 1.54) is 41.8 Å². The molecule has 0 saturated heterocycles. The lowest BCUT2D eigenvalue weighted by Gasteiger charge is -2.26. The zero-order valence-corrected chi connectivity index (χ0v) is 24.4. The van der Waals surface area contributed by atoms with Gasteiger partial charge in [-0.2, -0.15) is 0 Å². The molecule has 4 rings (SSSR count). The summed E-state index contributed by atoms with van der Waals surface area (Å²) >= 11 is 3.77. The predicted octanol–water partition coefficient (Wildman–Crippen LogP) is 11.2. The molecule has 0 unspecified atom stereocenters. The minimum atomic E-state index is 0.108. The highest BCUT2D eigenvalue weighted by Crippen LogP contribution is 2.46. The topological polar surface area (TPSA) is 0 Å². The Labute approximate surface area is 231 Å². The van der Waals surface area contributed by atoms with Gasteiger partial charge in [0.05, 0.1) is 0 Å². The van der Waals surface area contributed by atoms with E-state index < -0.39 is 0 Å². The van der Waals surface area contributed by atoms with Crippen LogP contribution in [0.15, 0.2) is 120 Å². The fourth-order valence-corrected chi connectivity index (χ4v) is 6.24. The third-order valence-electron chi connectivity index (χ3n) is 6.03. The molecule has 2 heterocycles. The lowest BCUT2D eigenvalue weighted by atomic mass is 9.93. The fourth-order valence-electron chi connectivity index (χ4n) is 3.86. The molecule has 1 aliphatic heterocycles. The molecule has 2 aromatic carbocycles. The van der Waals surface area contributed by atoms with E-state index >= 15 is 0 Å². The Morgan fingerprint density at radius 3 is 1.95 bits per heavy atom. The lowest BCUT2D eigenvalue weighted by Crippen LogP contribution is -2.09. The fraction of sp³-hybridized carbons (Fsp3) is 0.229. The van der Waals surface area contributed by atoms with Crippen molar-refractivity contribution < 1.29 is 0 Å². The number of hydrogen-bond acceptors (Lipinski definition) is 1. The van der Waals surface area contributed by atoms with E-state index in [2.05, 4.69) is 157 Å². The summed E-state index contributed by atoms with van der Waals surface area (Å²) < 4.78 is 0. The summed E-state index contributed by atoms with van der Waals surface area (Å²) in [5.74, 6) is 0. The van der Waals surface area contributed by atoms with Crippen molar-refractivity contribution in [1.29, 1.82) is 0 Å². The van der Waals surface area contributed by atoms with Crippen LogP contribution in [-0.4, -0.2) is 0 Å². The van der Waals surface area contributed by atoms with E-state index in [9.17, 15) is 0 Å². The number of benzene rings is 2. The van der Waals surface area contributed by atoms with Gasteiger partial charge in [0.1, 0.15) is 0 Å². The van der Waals surface area contributed by atoms with E-state index in [0.717, 1.165) is 0 Å². The summed E-state index contributed by atoms with van der Waals surface area (Å²) in [6.07, 6.45) is 15.5. The van der Waals surface area contributed by atoms with Crippen LogP contribution in [0.4, 0.5) is 0 Å². The Hall–Kier alpha value is -2.94. The highest BCUT2D eigenvalue weighted by Gasteiger charge is 2.27. The Morgan fingerprint density at radius 1 is 0.676 bits per heavy atom. The lowest BCUT2D eigenvalue weighted by molar-refractivity contribution is 0.533. The van der Waals surface area contributed by atoms with Crippen molar-refractivity contribution in [3.63, 3.8) is 0 Å². The average Bonchev–Trinajstić information content (AvgIpc) is 2.88. The minimum Gasteiger partial charge on any atom is -0.0933 e. The third kappa shape index (κ3) is 7.53. The Balaban J connectivity index is 1.59. The van der Waals surface area contributed by atoms with Crippen molar-refractivity contribution in [3.8, 4) is 10.4 Å². The Kier molecular flexibility index (Phi) is 8.52. The van der Waals surface area contributed by atoms with Gasteiger partial charge >= 0.3 is 0 Å². The summed E-state index contributed by atoms with van der Waals surface area (Å²) in [4.78, 5) is 5.38. The molecule has 1 aliphatic rings. The molecule has 0 aliphatic carbocycles. The molecule has 0 nitrogen and oxygen atoms in total. The van der Waals surface area contributed by atoms with Gasteiger partial charge in [-0.25, -0.2) is 0 Å². The molecule has 0 amide bonds. The standard InChI is InChI=1S/C35H37S2/c1-34(2,3)32-24-26(22-30(36-32)28-18-12-8-13-19-28)16-10-7-11-17-27-23-31(29-20-14-9-15-21-29)37-33(25-27)35(4,5)6/h7-25H,1-6H3/q+1. The highest BCUT2D eigenvalue weighted by atomic mass is 32.2. The molecule has 1 aromatic heterocycles. The third-order valence-corrected chi connectivity index (χ3v) is 9.07. The monoisotopic (exact) mass is 521 g/mol. The molecule has 0 atom stereocenters. The quantitative estimate of drug-likeness (QED) is 0.238. The molecule has 0 N–H and O–H groups in total. The summed E-state index contributed by atoms with van der Waals surface area (Å²) in [5, 5.41) is 0. The van der Waals surface area contributed by atoms with Crippen molar-refractivity contribution in [1.82, 2.24) is 0 Å². The van der Waals surface area contributed by atoms with Gasteiger partial charge < -0.3 is 0 Å². The maximum atomic E-state index is 2.32. The SMILES string of the molecule is CC(C)(C)C1=C/C(=C/C=C/C=C/c2cc(-c3ccccc3)[s+]c(C(C)(C)C)c2)C=C(c2ccccc2)S1. The molecule has 0 fully saturated rings. The Bertz CT molecular complexity index is 1370. The zero-order chi connectivity index (χ0) is 26.5. The molecule has 0 spiro atoms. The molecule has 0 bridgehead atoms. The maximum absolute atomic E-state index is 2.32. The molecular weight excluding hydrogens is 485 g/mol. The first-order valence-electron chi connectivity index (χ1n) is 12.9. The molecule has 37 heavy (non-hydrogen) atoms. The van der Waals surface area contributed by atoms with Crippen LogP contribution < -0.4 is 0 Å². The van der Waals surface area contributed by atoms with Gasteiger partial charge in [-0.15, -0.1) is 0 Å². The number of allylic oxidation sites excluding steroid dienone is 8. The normalized spacial score (nSPS) is 15.9. The van der Waals surface area contributed by atoms with Gasteiger partial charge in [-0.1, -0.05) is 132 Å². The molecule has 3 aromatic rings. The first-order valence-corrected chi connectivity index (χ1v) is 14.5. The van der Waals surface area contributed by atoms with Gasteiger partial charge in [0.15, 0.2) is 0 Å². The van der Waals surface area contributed by atoms with Gasteiger partial charge in [-0.05, 0) is 51.3 Å². The van der Waals surface area contributed by atoms with Crippen molar-refractivity contribution in [2.24, 2.45) is 5.41 Å². The first-order chi connectivity index (χ1) is 17.6. The van der Waals surface area contributed by atoms with E-state index in [1.807, 2.05) is 23.1 Å². The zero-order valence-electron chi connectivity index (χ0n) is 22.8. The summed E-state index contributed by atoms with van der Waals surface area (Å²) in [6, 6.07) is 26.0. The van der Waals surface area contributed by atoms with E-state index in [0.29, 0.717) is 0 Å². The second-order valence-corrected chi connectivity index (χ2v) is 13.5. The van der Waals surface area contributed by atoms with Crippen LogP contribution in [0.1, 0.15) is 57.5 Å². The van der Waals surface area contributed by atoms with Crippen LogP contribution >= 0.6 is 23.1 Å². The van der Waals surface area contributed by atoms with Gasteiger partial charge in [0.25, 0.3) is 0 Å². The average molecular weight is 522 g/mol. The van der Waals surface area contributed by atoms with E-state index in [-0.39, 0.29) is 10.8 Å². The number of thioether (sulfide) groups is 1. The van der Waals surface area contributed by atoms with E-state index in [1.54, 1.807) is 0 Å². The predicted molar refractivity (Wildman–Crippen MR) is 169 cm³/mol. The largest absolute Gasteiger partial charge is 0.238 e. The second-order valence-electron chi connectivity index (χ2n) is 11.4. The molecule has 0 radical (unpaired) electrons. The van der Waals surface area contributed by atoms with Crippen LogP contribution in [0.25, 0.3) is 21.4 Å². The van der Waals surface area contributed by atoms with Crippen molar-refractivity contribution >= 4 is 34.1 Å². The van der Waals surface area contributed by atoms with Crippen molar-refractivity contribution in [2.75, 3.05) is 0 Å². The van der Waals surface area contributed by atoms with Crippen molar-refractivity contribution in [3.05, 3.63) is 136 Å². The number of hydrogen-bond donors (Lipinski definition) is 0. The highest BCUT2D eigenvalue weighted by molar-refractivity contribution is 8.11. The van der Waals surface area contributed by atoms with Crippen LogP contribution in [0.2, 0.25) is 0 Å². The first kappa shape index (κ1) is 27.1. The molecular formula is C35H37S2+. The smallest absolute Gasteiger partial charge is 0.0933 e. The summed E-state index contributed by atoms with van der Waals surface area (Å²) in [5.41, 5.74) is 5.22. The minimum absolute atomic E-state index is 0.108. The number of rotatable bonds is 5.